The molecule has 0 aliphatic rings. The minimum Gasteiger partial charge on any atom is -0.482 e. The molecule has 0 unspecified atom stereocenters. The first-order valence-corrected chi connectivity index (χ1v) is 6.55. The first-order chi connectivity index (χ1) is 8.67. The molecule has 0 fully saturated rings. The maximum absolute atomic E-state index is 11.4. The molecule has 0 saturated heterocycles. The third-order valence-electron chi connectivity index (χ3n) is 2.27. The Bertz CT molecular complexity index is 455. The number of rotatable bonds is 6. The highest BCUT2D eigenvalue weighted by atomic mass is 79.9. The molecule has 1 aromatic carbocycles. The Hall–Kier alpha value is -1.54. The Morgan fingerprint density at radius 3 is 3.00 bits per heavy atom. The van der Waals surface area contributed by atoms with Crippen LogP contribution in [0.25, 0.3) is 0 Å². The van der Waals surface area contributed by atoms with E-state index in [1.54, 1.807) is 18.2 Å². The van der Waals surface area contributed by atoms with Gasteiger partial charge in [-0.05, 0) is 24.6 Å². The zero-order valence-corrected chi connectivity index (χ0v) is 11.8. The number of halogens is 1. The smallest absolute Gasteiger partial charge is 0.257 e. The van der Waals surface area contributed by atoms with Crippen molar-refractivity contribution in [3.63, 3.8) is 0 Å². The largest absolute Gasteiger partial charge is 0.482 e. The number of hydrogen-bond acceptors (Lipinski definition) is 3. The number of ether oxygens (including phenoxy) is 1. The molecule has 1 amide bonds. The lowest BCUT2D eigenvalue weighted by Gasteiger charge is -2.08. The second kappa shape index (κ2) is 7.72. The van der Waals surface area contributed by atoms with E-state index in [0.717, 1.165) is 17.3 Å². The summed E-state index contributed by atoms with van der Waals surface area (Å²) in [5.74, 6) is 0.251. The van der Waals surface area contributed by atoms with E-state index in [4.69, 9.17) is 10.00 Å². The molecule has 1 aromatic rings. The lowest BCUT2D eigenvalue weighted by Crippen LogP contribution is -2.29. The molecule has 0 aliphatic heterocycles. The maximum atomic E-state index is 11.4. The van der Waals surface area contributed by atoms with Gasteiger partial charge in [-0.25, -0.2) is 0 Å². The fourth-order valence-corrected chi connectivity index (χ4v) is 1.68. The fourth-order valence-electron chi connectivity index (χ4n) is 1.31. The van der Waals surface area contributed by atoms with Gasteiger partial charge in [0, 0.05) is 11.0 Å². The van der Waals surface area contributed by atoms with Gasteiger partial charge in [-0.2, -0.15) is 5.26 Å². The van der Waals surface area contributed by atoms with Crippen LogP contribution in [-0.4, -0.2) is 19.1 Å². The standard InChI is InChI=1S/C13H15BrN2O2/c1-2-3-6-16-13(17)9-18-12-5-4-11(14)7-10(12)8-15/h4-5,7H,2-3,6,9H2,1H3,(H,16,17). The predicted molar refractivity (Wildman–Crippen MR) is 72.3 cm³/mol. The second-order valence-corrected chi connectivity index (χ2v) is 4.66. The van der Waals surface area contributed by atoms with Crippen molar-refractivity contribution in [2.45, 2.75) is 19.8 Å². The zero-order valence-electron chi connectivity index (χ0n) is 10.2. The summed E-state index contributed by atoms with van der Waals surface area (Å²) in [5, 5.41) is 11.7. The van der Waals surface area contributed by atoms with Gasteiger partial charge in [-0.3, -0.25) is 4.79 Å². The van der Waals surface area contributed by atoms with Gasteiger partial charge in [-0.1, -0.05) is 29.3 Å². The number of carbonyl (C=O) groups excluding carboxylic acids is 1. The van der Waals surface area contributed by atoms with E-state index in [0.29, 0.717) is 17.9 Å². The first-order valence-electron chi connectivity index (χ1n) is 5.76. The number of unbranched alkanes of at least 4 members (excludes halogenated alkanes) is 1. The van der Waals surface area contributed by atoms with Crippen molar-refractivity contribution in [2.75, 3.05) is 13.2 Å². The lowest BCUT2D eigenvalue weighted by atomic mass is 10.2. The number of nitriles is 1. The summed E-state index contributed by atoms with van der Waals surface area (Å²) in [4.78, 5) is 11.4. The second-order valence-electron chi connectivity index (χ2n) is 3.74. The van der Waals surface area contributed by atoms with Gasteiger partial charge in [0.05, 0.1) is 5.56 Å². The van der Waals surface area contributed by atoms with E-state index in [-0.39, 0.29) is 12.5 Å². The molecule has 4 nitrogen and oxygen atoms in total. The van der Waals surface area contributed by atoms with Crippen LogP contribution in [-0.2, 0) is 4.79 Å². The summed E-state index contributed by atoms with van der Waals surface area (Å²) < 4.78 is 6.12. The summed E-state index contributed by atoms with van der Waals surface area (Å²) in [5.41, 5.74) is 0.408. The van der Waals surface area contributed by atoms with Crippen molar-refractivity contribution in [1.82, 2.24) is 5.32 Å². The van der Waals surface area contributed by atoms with Gasteiger partial charge >= 0.3 is 0 Å². The summed E-state index contributed by atoms with van der Waals surface area (Å²) in [6.07, 6.45) is 1.99. The molecular formula is C13H15BrN2O2. The number of benzene rings is 1. The monoisotopic (exact) mass is 310 g/mol. The number of nitrogens with zero attached hydrogens (tertiary/aromatic N) is 1. The predicted octanol–water partition coefficient (Wildman–Crippen LogP) is 2.62. The topological polar surface area (TPSA) is 62.1 Å². The molecule has 0 atom stereocenters. The molecule has 0 heterocycles. The molecule has 5 heteroatoms. The van der Waals surface area contributed by atoms with Crippen molar-refractivity contribution in [3.8, 4) is 11.8 Å². The summed E-state index contributed by atoms with van der Waals surface area (Å²) in [6, 6.07) is 7.12. The summed E-state index contributed by atoms with van der Waals surface area (Å²) >= 11 is 3.27. The molecule has 0 aliphatic carbocycles. The van der Waals surface area contributed by atoms with Crippen molar-refractivity contribution in [1.29, 1.82) is 5.26 Å². The Kier molecular flexibility index (Phi) is 6.23. The van der Waals surface area contributed by atoms with Crippen LogP contribution in [0, 0.1) is 11.3 Å². The zero-order chi connectivity index (χ0) is 13.4. The number of nitrogens with one attached hydrogen (secondary N) is 1. The molecule has 0 spiro atoms. The van der Waals surface area contributed by atoms with Crippen LogP contribution in [0.15, 0.2) is 22.7 Å². The quantitative estimate of drug-likeness (QED) is 0.822. The third-order valence-corrected chi connectivity index (χ3v) is 2.77. The van der Waals surface area contributed by atoms with Gasteiger partial charge in [-0.15, -0.1) is 0 Å². The molecule has 0 aromatic heterocycles. The molecule has 0 bridgehead atoms. The minimum atomic E-state index is -0.171. The SMILES string of the molecule is CCCCNC(=O)COc1ccc(Br)cc1C#N. The lowest BCUT2D eigenvalue weighted by molar-refractivity contribution is -0.123. The van der Waals surface area contributed by atoms with E-state index < -0.39 is 0 Å². The van der Waals surface area contributed by atoms with Crippen LogP contribution in [0.3, 0.4) is 0 Å². The molecule has 1 N–H and O–H groups in total. The highest BCUT2D eigenvalue weighted by Crippen LogP contribution is 2.22. The highest BCUT2D eigenvalue weighted by molar-refractivity contribution is 9.10. The molecule has 0 radical (unpaired) electrons. The van der Waals surface area contributed by atoms with Crippen molar-refractivity contribution < 1.29 is 9.53 Å². The van der Waals surface area contributed by atoms with Crippen molar-refractivity contribution in [3.05, 3.63) is 28.2 Å². The van der Waals surface area contributed by atoms with Gasteiger partial charge in [0.15, 0.2) is 6.61 Å². The fraction of sp³-hybridized carbons (Fsp3) is 0.385. The Balaban J connectivity index is 2.48. The van der Waals surface area contributed by atoms with Crippen molar-refractivity contribution >= 4 is 21.8 Å². The van der Waals surface area contributed by atoms with Crippen LogP contribution in [0.4, 0.5) is 0 Å². The molecule has 18 heavy (non-hydrogen) atoms. The Morgan fingerprint density at radius 2 is 2.33 bits per heavy atom. The Labute approximate surface area is 115 Å². The van der Waals surface area contributed by atoms with Crippen LogP contribution in [0.5, 0.6) is 5.75 Å². The van der Waals surface area contributed by atoms with E-state index in [1.165, 1.54) is 0 Å². The van der Waals surface area contributed by atoms with Crippen LogP contribution in [0.1, 0.15) is 25.3 Å². The normalized spacial score (nSPS) is 9.61. The molecule has 0 saturated carbocycles. The third kappa shape index (κ3) is 4.76. The molecule has 1 rings (SSSR count). The minimum absolute atomic E-state index is 0.0694. The van der Waals surface area contributed by atoms with Gasteiger partial charge in [0.2, 0.25) is 0 Å². The molecule has 96 valence electrons. The van der Waals surface area contributed by atoms with E-state index in [2.05, 4.69) is 28.2 Å². The van der Waals surface area contributed by atoms with Crippen LogP contribution >= 0.6 is 15.9 Å². The van der Waals surface area contributed by atoms with Crippen LogP contribution < -0.4 is 10.1 Å². The Morgan fingerprint density at radius 1 is 1.56 bits per heavy atom. The maximum Gasteiger partial charge on any atom is 0.257 e. The van der Waals surface area contributed by atoms with Crippen LogP contribution in [0.2, 0.25) is 0 Å². The highest BCUT2D eigenvalue weighted by Gasteiger charge is 2.06. The number of carbonyl (C=O) groups is 1. The summed E-state index contributed by atoms with van der Waals surface area (Å²) in [7, 11) is 0. The van der Waals surface area contributed by atoms with Gasteiger partial charge in [0.25, 0.3) is 5.91 Å². The van der Waals surface area contributed by atoms with Crippen molar-refractivity contribution in [2.24, 2.45) is 0 Å². The van der Waals surface area contributed by atoms with E-state index >= 15 is 0 Å². The number of hydrogen-bond donors (Lipinski definition) is 1. The van der Waals surface area contributed by atoms with E-state index in [1.807, 2.05) is 6.07 Å². The van der Waals surface area contributed by atoms with E-state index in [9.17, 15) is 4.79 Å². The first kappa shape index (κ1) is 14.5. The average Bonchev–Trinajstić information content (AvgIpc) is 2.37. The average molecular weight is 311 g/mol. The van der Waals surface area contributed by atoms with Gasteiger partial charge in [0.1, 0.15) is 11.8 Å². The molecular weight excluding hydrogens is 296 g/mol. The number of amides is 1. The summed E-state index contributed by atoms with van der Waals surface area (Å²) in [6.45, 7) is 2.65. The van der Waals surface area contributed by atoms with Gasteiger partial charge < -0.3 is 10.1 Å².